The minimum absolute atomic E-state index is 0.531. The van der Waals surface area contributed by atoms with Crippen molar-refractivity contribution in [2.45, 2.75) is 23.6 Å². The molecule has 0 aromatic carbocycles. The third-order valence-electron chi connectivity index (χ3n) is 1.64. The Kier molecular flexibility index (Phi) is 3.31. The quantitative estimate of drug-likeness (QED) is 0.364. The van der Waals surface area contributed by atoms with E-state index in [-0.39, 0.29) is 0 Å². The van der Waals surface area contributed by atoms with Crippen LogP contribution in [0.2, 0.25) is 0 Å². The number of rotatable bonds is 1. The van der Waals surface area contributed by atoms with E-state index in [9.17, 15) is 15.0 Å². The topological polar surface area (TPSA) is 66.8 Å². The molecule has 1 aliphatic heterocycles. The van der Waals surface area contributed by atoms with Crippen LogP contribution in [0.5, 0.6) is 0 Å². The monoisotopic (exact) mass is 189 g/mol. The summed E-state index contributed by atoms with van der Waals surface area (Å²) in [6.45, 7) is 1.28. The maximum Gasteiger partial charge on any atom is 0.122 e. The largest absolute Gasteiger partial charge is 0.389 e. The fourth-order valence-electron chi connectivity index (χ4n) is 0.934. The molecule has 4 nitrogen and oxygen atoms in total. The predicted octanol–water partition coefficient (Wildman–Crippen LogP) is -1.05. The number of carbonyl (C=O) groups excluding carboxylic acids is 1. The van der Waals surface area contributed by atoms with Gasteiger partial charge in [0.1, 0.15) is 18.1 Å². The lowest BCUT2D eigenvalue weighted by atomic mass is 10.0. The zero-order valence-electron chi connectivity index (χ0n) is 6.12. The molecule has 1 aliphatic rings. The normalized spacial score (nSPS) is 41.9. The van der Waals surface area contributed by atoms with Crippen molar-refractivity contribution in [1.29, 1.82) is 0 Å². The van der Waals surface area contributed by atoms with Gasteiger partial charge in [0.15, 0.2) is 0 Å². The summed E-state index contributed by atoms with van der Waals surface area (Å²) in [5.41, 5.74) is 0. The van der Waals surface area contributed by atoms with Gasteiger partial charge in [0.05, 0.1) is 18.0 Å². The summed E-state index contributed by atoms with van der Waals surface area (Å²) < 4.78 is 4.88. The van der Waals surface area contributed by atoms with Gasteiger partial charge in [-0.1, -0.05) is 0 Å². The Balaban J connectivity index is 2.64. The smallest absolute Gasteiger partial charge is 0.122 e. The van der Waals surface area contributed by atoms with Crippen LogP contribution >= 0.6 is 12.6 Å². The van der Waals surface area contributed by atoms with E-state index in [1.807, 2.05) is 0 Å². The molecule has 5 heteroatoms. The Morgan fingerprint density at radius 1 is 1.50 bits per heavy atom. The summed E-state index contributed by atoms with van der Waals surface area (Å²) in [6, 6.07) is 0. The first-order valence-corrected chi connectivity index (χ1v) is 3.92. The lowest BCUT2D eigenvalue weighted by Crippen LogP contribution is -2.48. The maximum atomic E-state index is 9.92. The Morgan fingerprint density at radius 3 is 2.75 bits per heavy atom. The van der Waals surface area contributed by atoms with Gasteiger partial charge in [-0.05, 0) is 0 Å². The van der Waals surface area contributed by atoms with E-state index in [0.717, 1.165) is 6.08 Å². The molecule has 0 aliphatic carbocycles. The van der Waals surface area contributed by atoms with Crippen LogP contribution in [0.3, 0.4) is 0 Å². The second-order valence-corrected chi connectivity index (χ2v) is 3.09. The molecule has 0 aromatic rings. The molecule has 1 saturated heterocycles. The first kappa shape index (κ1) is 9.77. The van der Waals surface area contributed by atoms with Crippen molar-refractivity contribution < 1.29 is 19.7 Å². The van der Waals surface area contributed by atoms with E-state index in [1.54, 1.807) is 0 Å². The Labute approximate surface area is 75.3 Å². The number of aliphatic hydroxyl groups excluding tert-OH is 2. The third-order valence-corrected chi connectivity index (χ3v) is 2.07. The van der Waals surface area contributed by atoms with Crippen LogP contribution in [-0.2, 0) is 9.53 Å². The summed E-state index contributed by atoms with van der Waals surface area (Å²) >= 11 is 3.92. The minimum Gasteiger partial charge on any atom is -0.389 e. The summed E-state index contributed by atoms with van der Waals surface area (Å²) in [4.78, 5) is 9.92. The molecule has 1 heterocycles. The molecule has 67 valence electrons. The number of aliphatic hydroxyl groups is 2. The van der Waals surface area contributed by atoms with Gasteiger partial charge in [0.2, 0.25) is 0 Å². The van der Waals surface area contributed by atoms with Gasteiger partial charge in [-0.15, -0.1) is 0 Å². The molecule has 0 saturated carbocycles. The van der Waals surface area contributed by atoms with Crippen molar-refractivity contribution >= 4 is 18.6 Å². The molecule has 0 amide bonds. The third kappa shape index (κ3) is 1.88. The standard InChI is InChI=1S/C7H9O4S/c8-2-1-4-6(9)7(10)5(12)3-11-4/h1,3-7,9-10,12H/t4-,5+,6-,7-/m1/s1. The molecule has 2 N–H and O–H groups in total. The number of thiol groups is 1. The zero-order valence-corrected chi connectivity index (χ0v) is 7.02. The Bertz CT molecular complexity index is 202. The lowest BCUT2D eigenvalue weighted by molar-refractivity contribution is -0.0876. The lowest BCUT2D eigenvalue weighted by Gasteiger charge is -2.32. The fourth-order valence-corrected chi connectivity index (χ4v) is 1.18. The molecule has 1 rings (SSSR count). The van der Waals surface area contributed by atoms with Crippen LogP contribution < -0.4 is 0 Å². The van der Waals surface area contributed by atoms with E-state index in [4.69, 9.17) is 4.74 Å². The minimum atomic E-state index is -1.13. The van der Waals surface area contributed by atoms with Gasteiger partial charge in [0, 0.05) is 6.08 Å². The molecule has 12 heavy (non-hydrogen) atoms. The van der Waals surface area contributed by atoms with Crippen LogP contribution in [0.25, 0.3) is 0 Å². The van der Waals surface area contributed by atoms with E-state index in [0.29, 0.717) is 0 Å². The van der Waals surface area contributed by atoms with Crippen molar-refractivity contribution in [3.8, 4) is 0 Å². The van der Waals surface area contributed by atoms with E-state index in [1.165, 1.54) is 12.5 Å². The molecule has 0 unspecified atom stereocenters. The van der Waals surface area contributed by atoms with Crippen molar-refractivity contribution in [1.82, 2.24) is 0 Å². The van der Waals surface area contributed by atoms with Gasteiger partial charge in [0.25, 0.3) is 0 Å². The van der Waals surface area contributed by atoms with Crippen LogP contribution in [-0.4, -0.2) is 39.7 Å². The first-order chi connectivity index (χ1) is 5.66. The van der Waals surface area contributed by atoms with Crippen molar-refractivity contribution in [3.63, 3.8) is 0 Å². The molecule has 0 bridgehead atoms. The molecular weight excluding hydrogens is 180 g/mol. The Morgan fingerprint density at radius 2 is 2.17 bits per heavy atom. The van der Waals surface area contributed by atoms with Crippen LogP contribution in [0.1, 0.15) is 0 Å². The van der Waals surface area contributed by atoms with E-state index in [2.05, 4.69) is 12.6 Å². The summed E-state index contributed by atoms with van der Waals surface area (Å²) in [5.74, 6) is 1.49. The van der Waals surface area contributed by atoms with Gasteiger partial charge in [-0.2, -0.15) is 12.6 Å². The molecule has 0 aromatic heterocycles. The average Bonchev–Trinajstić information content (AvgIpc) is 2.07. The summed E-state index contributed by atoms with van der Waals surface area (Å²) in [6.07, 6.45) is -1.94. The summed E-state index contributed by atoms with van der Waals surface area (Å²) in [7, 11) is 0. The SMILES string of the molecule is O=C=C[C@H]1O[CH][C@H](S)[C@@H](O)[C@@H]1O. The fraction of sp³-hybridized carbons (Fsp3) is 0.571. The second-order valence-electron chi connectivity index (χ2n) is 2.49. The average molecular weight is 189 g/mol. The Hall–Kier alpha value is -0.320. The van der Waals surface area contributed by atoms with Gasteiger partial charge in [-0.3, -0.25) is 0 Å². The highest BCUT2D eigenvalue weighted by molar-refractivity contribution is 7.81. The van der Waals surface area contributed by atoms with Crippen LogP contribution in [0.15, 0.2) is 6.08 Å². The van der Waals surface area contributed by atoms with Crippen LogP contribution in [0.4, 0.5) is 0 Å². The molecule has 4 atom stereocenters. The molecule has 1 fully saturated rings. The second kappa shape index (κ2) is 4.07. The molecular formula is C7H9O4S. The van der Waals surface area contributed by atoms with Gasteiger partial charge >= 0.3 is 0 Å². The van der Waals surface area contributed by atoms with E-state index < -0.39 is 23.6 Å². The van der Waals surface area contributed by atoms with Crippen molar-refractivity contribution in [2.75, 3.05) is 0 Å². The predicted molar refractivity (Wildman–Crippen MR) is 44.2 cm³/mol. The highest BCUT2D eigenvalue weighted by Crippen LogP contribution is 2.22. The summed E-state index contributed by atoms with van der Waals surface area (Å²) in [5, 5.41) is 18.0. The highest BCUT2D eigenvalue weighted by atomic mass is 32.1. The number of ether oxygens (including phenoxy) is 1. The van der Waals surface area contributed by atoms with Crippen molar-refractivity contribution in [3.05, 3.63) is 12.7 Å². The first-order valence-electron chi connectivity index (χ1n) is 3.41. The molecule has 0 spiro atoms. The van der Waals surface area contributed by atoms with Crippen molar-refractivity contribution in [2.24, 2.45) is 0 Å². The number of hydrogen-bond donors (Lipinski definition) is 3. The zero-order chi connectivity index (χ0) is 9.14. The number of hydrogen-bond acceptors (Lipinski definition) is 5. The highest BCUT2D eigenvalue weighted by Gasteiger charge is 2.35. The van der Waals surface area contributed by atoms with Gasteiger partial charge < -0.3 is 14.9 Å². The van der Waals surface area contributed by atoms with Gasteiger partial charge in [-0.25, -0.2) is 4.79 Å². The van der Waals surface area contributed by atoms with E-state index >= 15 is 0 Å². The van der Waals surface area contributed by atoms with Crippen LogP contribution in [0, 0.1) is 6.61 Å². The maximum absolute atomic E-state index is 9.92. The molecule has 1 radical (unpaired) electrons.